The van der Waals surface area contributed by atoms with Gasteiger partial charge < -0.3 is 30.1 Å². The zero-order valence-electron chi connectivity index (χ0n) is 8.62. The average molecular weight is 251 g/mol. The van der Waals surface area contributed by atoms with Gasteiger partial charge in [0.15, 0.2) is 6.35 Å². The monoisotopic (exact) mass is 251 g/mol. The molecule has 1 heterocycles. The summed E-state index contributed by atoms with van der Waals surface area (Å²) >= 11 is 0. The SMILES string of the molecule is CC1(CO)NC=C(OP(=O)(O)CO)C=C1O. The lowest BCUT2D eigenvalue weighted by Crippen LogP contribution is -2.46. The molecule has 0 bridgehead atoms. The molecule has 0 saturated carbocycles. The molecule has 1 aliphatic rings. The summed E-state index contributed by atoms with van der Waals surface area (Å²) in [5, 5.41) is 29.7. The van der Waals surface area contributed by atoms with E-state index in [0.717, 1.165) is 6.08 Å². The number of aliphatic hydroxyl groups excluding tert-OH is 3. The minimum Gasteiger partial charge on any atom is -0.510 e. The summed E-state index contributed by atoms with van der Waals surface area (Å²) < 4.78 is 15.6. The lowest BCUT2D eigenvalue weighted by Gasteiger charge is -2.30. The third-order valence-electron chi connectivity index (χ3n) is 2.12. The molecular formula is C8H14NO6P. The smallest absolute Gasteiger partial charge is 0.401 e. The minimum absolute atomic E-state index is 0.0942. The van der Waals surface area contributed by atoms with Gasteiger partial charge in [-0.1, -0.05) is 0 Å². The molecule has 0 aromatic carbocycles. The third-order valence-corrected chi connectivity index (χ3v) is 2.97. The van der Waals surface area contributed by atoms with Crippen LogP contribution < -0.4 is 5.32 Å². The first-order chi connectivity index (χ1) is 7.33. The molecule has 5 N–H and O–H groups in total. The van der Waals surface area contributed by atoms with Gasteiger partial charge in [-0.2, -0.15) is 0 Å². The maximum absolute atomic E-state index is 11.0. The van der Waals surface area contributed by atoms with Crippen LogP contribution in [0.2, 0.25) is 0 Å². The second-order valence-electron chi connectivity index (χ2n) is 3.58. The first-order valence-corrected chi connectivity index (χ1v) is 6.21. The van der Waals surface area contributed by atoms with Gasteiger partial charge in [0.25, 0.3) is 0 Å². The molecule has 0 aromatic rings. The highest BCUT2D eigenvalue weighted by Crippen LogP contribution is 2.43. The molecule has 8 heteroatoms. The van der Waals surface area contributed by atoms with Crippen LogP contribution in [0.25, 0.3) is 0 Å². The zero-order valence-corrected chi connectivity index (χ0v) is 9.52. The Morgan fingerprint density at radius 1 is 1.56 bits per heavy atom. The number of hydrogen-bond acceptors (Lipinski definition) is 6. The highest BCUT2D eigenvalue weighted by atomic mass is 31.2. The number of nitrogens with one attached hydrogen (secondary N) is 1. The largest absolute Gasteiger partial charge is 0.510 e. The summed E-state index contributed by atoms with van der Waals surface area (Å²) in [5.74, 6) is -0.325. The third kappa shape index (κ3) is 2.76. The van der Waals surface area contributed by atoms with Gasteiger partial charge in [0.05, 0.1) is 6.61 Å². The van der Waals surface area contributed by atoms with Crippen LogP contribution in [-0.4, -0.2) is 38.7 Å². The maximum atomic E-state index is 11.0. The van der Waals surface area contributed by atoms with Crippen LogP contribution in [0.15, 0.2) is 23.8 Å². The summed E-state index contributed by atoms with van der Waals surface area (Å²) in [6.07, 6.45) is 1.32. The molecule has 0 fully saturated rings. The molecule has 2 unspecified atom stereocenters. The zero-order chi connectivity index (χ0) is 12.4. The van der Waals surface area contributed by atoms with Gasteiger partial charge in [0, 0.05) is 12.3 Å². The van der Waals surface area contributed by atoms with Crippen molar-refractivity contribution in [3.8, 4) is 0 Å². The minimum atomic E-state index is -4.09. The second kappa shape index (κ2) is 4.47. The molecule has 0 aromatic heterocycles. The molecule has 1 rings (SSSR count). The topological polar surface area (TPSA) is 119 Å². The number of aliphatic hydroxyl groups is 3. The lowest BCUT2D eigenvalue weighted by molar-refractivity contribution is 0.162. The quantitative estimate of drug-likeness (QED) is 0.438. The summed E-state index contributed by atoms with van der Waals surface area (Å²) in [7, 11) is -4.09. The van der Waals surface area contributed by atoms with Gasteiger partial charge in [-0.25, -0.2) is 4.57 Å². The average Bonchev–Trinajstić information content (AvgIpc) is 2.23. The highest BCUT2D eigenvalue weighted by Gasteiger charge is 2.32. The van der Waals surface area contributed by atoms with E-state index in [1.165, 1.54) is 13.1 Å². The molecule has 0 radical (unpaired) electrons. The van der Waals surface area contributed by atoms with E-state index >= 15 is 0 Å². The molecule has 7 nitrogen and oxygen atoms in total. The van der Waals surface area contributed by atoms with Gasteiger partial charge >= 0.3 is 7.60 Å². The first kappa shape index (κ1) is 13.1. The van der Waals surface area contributed by atoms with Gasteiger partial charge in [0.2, 0.25) is 0 Å². The van der Waals surface area contributed by atoms with Crippen LogP contribution in [0.1, 0.15) is 6.92 Å². The molecule has 0 saturated heterocycles. The van der Waals surface area contributed by atoms with Crippen LogP contribution in [0.3, 0.4) is 0 Å². The Hall–Kier alpha value is -1.01. The van der Waals surface area contributed by atoms with Crippen LogP contribution >= 0.6 is 7.60 Å². The molecule has 2 atom stereocenters. The Morgan fingerprint density at radius 3 is 2.62 bits per heavy atom. The van der Waals surface area contributed by atoms with Gasteiger partial charge in [-0.05, 0) is 6.92 Å². The molecule has 0 spiro atoms. The Bertz CT molecular complexity index is 379. The van der Waals surface area contributed by atoms with E-state index < -0.39 is 19.5 Å². The molecule has 0 amide bonds. The number of allylic oxidation sites excluding steroid dienone is 1. The van der Waals surface area contributed by atoms with Crippen molar-refractivity contribution in [1.82, 2.24) is 5.32 Å². The Labute approximate surface area is 92.2 Å². The van der Waals surface area contributed by atoms with Crippen molar-refractivity contribution in [3.63, 3.8) is 0 Å². The van der Waals surface area contributed by atoms with E-state index in [2.05, 4.69) is 9.84 Å². The van der Waals surface area contributed by atoms with E-state index in [0.29, 0.717) is 0 Å². The summed E-state index contributed by atoms with van der Waals surface area (Å²) in [5.41, 5.74) is -1.04. The second-order valence-corrected chi connectivity index (χ2v) is 5.32. The molecular weight excluding hydrogens is 237 g/mol. The summed E-state index contributed by atoms with van der Waals surface area (Å²) in [4.78, 5) is 9.00. The number of dihydropyridines is 1. The van der Waals surface area contributed by atoms with Crippen molar-refractivity contribution in [3.05, 3.63) is 23.8 Å². The van der Waals surface area contributed by atoms with E-state index in [1.54, 1.807) is 0 Å². The Balaban J connectivity index is 2.80. The van der Waals surface area contributed by atoms with Crippen molar-refractivity contribution in [2.75, 3.05) is 13.0 Å². The van der Waals surface area contributed by atoms with Crippen molar-refractivity contribution in [1.29, 1.82) is 0 Å². The molecule has 1 aliphatic heterocycles. The molecule has 16 heavy (non-hydrogen) atoms. The number of hydrogen-bond donors (Lipinski definition) is 5. The summed E-state index contributed by atoms with van der Waals surface area (Å²) in [6.45, 7) is 1.19. The lowest BCUT2D eigenvalue weighted by atomic mass is 9.98. The van der Waals surface area contributed by atoms with Crippen molar-refractivity contribution in [2.45, 2.75) is 12.5 Å². The van der Waals surface area contributed by atoms with Crippen LogP contribution in [-0.2, 0) is 9.09 Å². The normalized spacial score (nSPS) is 28.5. The van der Waals surface area contributed by atoms with Gasteiger partial charge in [-0.3, -0.25) is 0 Å². The van der Waals surface area contributed by atoms with Crippen LogP contribution in [0.4, 0.5) is 0 Å². The number of rotatable bonds is 4. The van der Waals surface area contributed by atoms with Crippen molar-refractivity contribution >= 4 is 7.60 Å². The van der Waals surface area contributed by atoms with Crippen molar-refractivity contribution < 1.29 is 29.3 Å². The van der Waals surface area contributed by atoms with E-state index in [1.807, 2.05) is 0 Å². The van der Waals surface area contributed by atoms with Crippen molar-refractivity contribution in [2.24, 2.45) is 0 Å². The first-order valence-electron chi connectivity index (χ1n) is 4.45. The van der Waals surface area contributed by atoms with E-state index in [-0.39, 0.29) is 18.1 Å². The van der Waals surface area contributed by atoms with E-state index in [9.17, 15) is 9.67 Å². The Kier molecular flexibility index (Phi) is 3.64. The Morgan fingerprint density at radius 2 is 2.19 bits per heavy atom. The predicted molar refractivity (Wildman–Crippen MR) is 55.4 cm³/mol. The van der Waals surface area contributed by atoms with E-state index in [4.69, 9.17) is 15.1 Å². The highest BCUT2D eigenvalue weighted by molar-refractivity contribution is 7.52. The predicted octanol–water partition coefficient (Wildman–Crippen LogP) is -0.224. The van der Waals surface area contributed by atoms with Gasteiger partial charge in [0.1, 0.15) is 17.1 Å². The van der Waals surface area contributed by atoms with Crippen LogP contribution in [0.5, 0.6) is 0 Å². The standard InChI is InChI=1S/C8H14NO6P/c1-8(4-10)7(12)2-6(3-9-8)15-16(13,14)5-11/h2-3,9-12H,4-5H2,1H3,(H,13,14). The van der Waals surface area contributed by atoms with Crippen LogP contribution in [0, 0.1) is 0 Å². The summed E-state index contributed by atoms with van der Waals surface area (Å²) in [6, 6.07) is 0. The van der Waals surface area contributed by atoms with Gasteiger partial charge in [-0.15, -0.1) is 0 Å². The fourth-order valence-corrected chi connectivity index (χ4v) is 1.51. The fourth-order valence-electron chi connectivity index (χ4n) is 1.01. The molecule has 92 valence electrons. The molecule has 0 aliphatic carbocycles. The maximum Gasteiger partial charge on any atom is 0.401 e. The fraction of sp³-hybridized carbons (Fsp3) is 0.500.